The molecule has 8 heteroatoms. The molecule has 108 valence electrons. The summed E-state index contributed by atoms with van der Waals surface area (Å²) in [6.07, 6.45) is 1.35. The first-order valence-corrected chi connectivity index (χ1v) is 6.13. The van der Waals surface area contributed by atoms with Crippen molar-refractivity contribution in [1.82, 2.24) is 4.98 Å². The fourth-order valence-corrected chi connectivity index (χ4v) is 2.12. The van der Waals surface area contributed by atoms with E-state index in [0.717, 1.165) is 0 Å². The Balaban J connectivity index is 2.79. The van der Waals surface area contributed by atoms with E-state index >= 15 is 0 Å². The number of nitro benzene ring substituents is 1. The molecule has 7 nitrogen and oxygen atoms in total. The maximum atomic E-state index is 11.3. The third-order valence-corrected chi connectivity index (χ3v) is 3.13. The average molecular weight is 308 g/mol. The van der Waals surface area contributed by atoms with Gasteiger partial charge in [-0.3, -0.25) is 19.9 Å². The first kappa shape index (κ1) is 14.7. The zero-order valence-corrected chi connectivity index (χ0v) is 11.6. The van der Waals surface area contributed by atoms with Crippen LogP contribution < -0.4 is 5.73 Å². The van der Waals surface area contributed by atoms with Crippen LogP contribution >= 0.6 is 11.6 Å². The molecule has 0 radical (unpaired) electrons. The number of rotatable bonds is 3. The highest BCUT2D eigenvalue weighted by Gasteiger charge is 2.28. The second-order valence-corrected chi connectivity index (χ2v) is 4.73. The molecule has 0 atom stereocenters. The highest BCUT2D eigenvalue weighted by molar-refractivity contribution is 6.30. The summed E-state index contributed by atoms with van der Waals surface area (Å²) in [5.74, 6) is -1.64. The van der Waals surface area contributed by atoms with Crippen molar-refractivity contribution >= 4 is 23.2 Å². The van der Waals surface area contributed by atoms with E-state index in [1.807, 2.05) is 0 Å². The molecule has 1 heterocycles. The Morgan fingerprint density at radius 3 is 2.62 bits per heavy atom. The number of hydrogen-bond acceptors (Lipinski definition) is 5. The lowest BCUT2D eigenvalue weighted by atomic mass is 9.98. The van der Waals surface area contributed by atoms with Crippen molar-refractivity contribution in [2.75, 3.05) is 0 Å². The number of halogens is 1. The molecule has 1 aromatic carbocycles. The van der Waals surface area contributed by atoms with Gasteiger partial charge in [-0.2, -0.15) is 0 Å². The second kappa shape index (κ2) is 5.37. The number of phenols is 1. The largest absolute Gasteiger partial charge is 0.502 e. The lowest BCUT2D eigenvalue weighted by molar-refractivity contribution is -0.386. The summed E-state index contributed by atoms with van der Waals surface area (Å²) in [5, 5.41) is 21.7. The number of nitro groups is 1. The minimum atomic E-state index is -0.990. The fourth-order valence-electron chi connectivity index (χ4n) is 2.01. The van der Waals surface area contributed by atoms with Gasteiger partial charge in [-0.15, -0.1) is 0 Å². The number of aryl methyl sites for hydroxylation is 1. The van der Waals surface area contributed by atoms with Crippen LogP contribution in [0.5, 0.6) is 5.75 Å². The Labute approximate surface area is 124 Å². The topological polar surface area (TPSA) is 119 Å². The Morgan fingerprint density at radius 1 is 1.48 bits per heavy atom. The molecule has 2 aromatic rings. The number of carbonyl (C=O) groups excluding carboxylic acids is 1. The van der Waals surface area contributed by atoms with Gasteiger partial charge in [0, 0.05) is 6.20 Å². The third-order valence-electron chi connectivity index (χ3n) is 2.90. The molecular formula is C13H10ClN3O4. The van der Waals surface area contributed by atoms with Gasteiger partial charge in [0.25, 0.3) is 5.91 Å². The highest BCUT2D eigenvalue weighted by Crippen LogP contribution is 2.41. The highest BCUT2D eigenvalue weighted by atomic mass is 35.5. The first-order valence-electron chi connectivity index (χ1n) is 5.75. The van der Waals surface area contributed by atoms with Gasteiger partial charge in [-0.25, -0.2) is 0 Å². The van der Waals surface area contributed by atoms with Gasteiger partial charge in [0.15, 0.2) is 0 Å². The quantitative estimate of drug-likeness (QED) is 0.666. The lowest BCUT2D eigenvalue weighted by Gasteiger charge is -2.10. The smallest absolute Gasteiger partial charge is 0.324 e. The van der Waals surface area contributed by atoms with E-state index in [2.05, 4.69) is 4.98 Å². The number of aromatic hydroxyl groups is 1. The Bertz CT molecular complexity index is 744. The van der Waals surface area contributed by atoms with Crippen molar-refractivity contribution in [2.45, 2.75) is 6.92 Å². The number of nitrogens with zero attached hydrogens (tertiary/aromatic N) is 2. The Kier molecular flexibility index (Phi) is 3.77. The van der Waals surface area contributed by atoms with E-state index < -0.39 is 22.3 Å². The fraction of sp³-hybridized carbons (Fsp3) is 0.0769. The van der Waals surface area contributed by atoms with Gasteiger partial charge in [0.05, 0.1) is 21.2 Å². The van der Waals surface area contributed by atoms with E-state index in [1.54, 1.807) is 6.92 Å². The molecule has 1 aromatic heterocycles. The number of amides is 1. The molecule has 0 unspecified atom stereocenters. The van der Waals surface area contributed by atoms with Crippen LogP contribution in [0.1, 0.15) is 15.9 Å². The van der Waals surface area contributed by atoms with E-state index in [9.17, 15) is 20.0 Å². The van der Waals surface area contributed by atoms with Crippen molar-refractivity contribution in [3.05, 3.63) is 50.7 Å². The number of phenolic OH excluding ortho intramolecular Hbond substituents is 1. The number of aromatic nitrogens is 1. The van der Waals surface area contributed by atoms with Crippen LogP contribution in [0.4, 0.5) is 5.69 Å². The lowest BCUT2D eigenvalue weighted by Crippen LogP contribution is -2.14. The van der Waals surface area contributed by atoms with Gasteiger partial charge in [-0.1, -0.05) is 11.6 Å². The average Bonchev–Trinajstić information content (AvgIpc) is 2.39. The van der Waals surface area contributed by atoms with Crippen molar-refractivity contribution in [2.24, 2.45) is 5.73 Å². The molecule has 0 saturated carbocycles. The molecule has 3 N–H and O–H groups in total. The maximum absolute atomic E-state index is 11.3. The second-order valence-electron chi connectivity index (χ2n) is 4.30. The van der Waals surface area contributed by atoms with Gasteiger partial charge < -0.3 is 10.8 Å². The SMILES string of the molecule is Cc1cc(C(N)=O)c([N+](=O)[O-])c(O)c1-c1ccc(Cl)cn1. The number of nitrogens with two attached hydrogens (primary N) is 1. The summed E-state index contributed by atoms with van der Waals surface area (Å²) in [4.78, 5) is 25.6. The third kappa shape index (κ3) is 2.63. The molecule has 0 aliphatic heterocycles. The van der Waals surface area contributed by atoms with Crippen molar-refractivity contribution < 1.29 is 14.8 Å². The van der Waals surface area contributed by atoms with Crippen molar-refractivity contribution in [3.8, 4) is 17.0 Å². The minimum absolute atomic E-state index is 0.156. The Morgan fingerprint density at radius 2 is 2.14 bits per heavy atom. The molecule has 2 rings (SSSR count). The molecule has 0 aliphatic rings. The van der Waals surface area contributed by atoms with E-state index in [1.165, 1.54) is 24.4 Å². The minimum Gasteiger partial charge on any atom is -0.502 e. The molecule has 21 heavy (non-hydrogen) atoms. The number of primary amides is 1. The van der Waals surface area contributed by atoms with Gasteiger partial charge in [0.2, 0.25) is 5.75 Å². The zero-order valence-electron chi connectivity index (χ0n) is 10.8. The molecule has 0 spiro atoms. The monoisotopic (exact) mass is 307 g/mol. The standard InChI is InChI=1S/C13H10ClN3O4/c1-6-4-8(13(15)19)11(17(20)21)12(18)10(6)9-3-2-7(14)5-16-9/h2-5,18H,1H3,(H2,15,19). The molecule has 0 fully saturated rings. The van der Waals surface area contributed by atoms with E-state index in [-0.39, 0.29) is 11.1 Å². The summed E-state index contributed by atoms with van der Waals surface area (Å²) in [7, 11) is 0. The van der Waals surface area contributed by atoms with Crippen LogP contribution in [-0.2, 0) is 0 Å². The summed E-state index contributed by atoms with van der Waals surface area (Å²) >= 11 is 5.73. The van der Waals surface area contributed by atoms with Crippen LogP contribution in [0, 0.1) is 17.0 Å². The van der Waals surface area contributed by atoms with Gasteiger partial charge in [-0.05, 0) is 30.7 Å². The van der Waals surface area contributed by atoms with E-state index in [0.29, 0.717) is 16.3 Å². The van der Waals surface area contributed by atoms with Crippen molar-refractivity contribution in [3.63, 3.8) is 0 Å². The summed E-state index contributed by atoms with van der Waals surface area (Å²) in [6.45, 7) is 1.58. The number of pyridine rings is 1. The van der Waals surface area contributed by atoms with Gasteiger partial charge >= 0.3 is 5.69 Å². The van der Waals surface area contributed by atoms with Crippen LogP contribution in [0.15, 0.2) is 24.4 Å². The molecule has 0 aliphatic carbocycles. The van der Waals surface area contributed by atoms with Gasteiger partial charge in [0.1, 0.15) is 5.56 Å². The van der Waals surface area contributed by atoms with Crippen LogP contribution in [0.2, 0.25) is 5.02 Å². The van der Waals surface area contributed by atoms with Crippen LogP contribution in [-0.4, -0.2) is 20.9 Å². The predicted octanol–water partition coefficient (Wildman–Crippen LogP) is 2.42. The zero-order chi connectivity index (χ0) is 15.7. The molecule has 0 saturated heterocycles. The van der Waals surface area contributed by atoms with Crippen LogP contribution in [0.25, 0.3) is 11.3 Å². The van der Waals surface area contributed by atoms with Crippen molar-refractivity contribution in [1.29, 1.82) is 0 Å². The first-order chi connectivity index (χ1) is 9.82. The molecular weight excluding hydrogens is 298 g/mol. The normalized spacial score (nSPS) is 10.4. The van der Waals surface area contributed by atoms with Crippen LogP contribution in [0.3, 0.4) is 0 Å². The predicted molar refractivity (Wildman–Crippen MR) is 76.3 cm³/mol. The molecule has 1 amide bonds. The number of hydrogen-bond donors (Lipinski definition) is 2. The van der Waals surface area contributed by atoms with E-state index in [4.69, 9.17) is 17.3 Å². The summed E-state index contributed by atoms with van der Waals surface area (Å²) in [6, 6.07) is 4.31. The number of benzene rings is 1. The number of carbonyl (C=O) groups is 1. The summed E-state index contributed by atoms with van der Waals surface area (Å²) < 4.78 is 0. The maximum Gasteiger partial charge on any atom is 0.324 e. The summed E-state index contributed by atoms with van der Waals surface area (Å²) in [5.41, 5.74) is 4.91. The Hall–Kier alpha value is -2.67. The molecule has 0 bridgehead atoms.